The van der Waals surface area contributed by atoms with E-state index < -0.39 is 5.85 Å². The summed E-state index contributed by atoms with van der Waals surface area (Å²) in [6.07, 6.45) is 0. The minimum Gasteiger partial charge on any atom is -0.358 e. The van der Waals surface area contributed by atoms with Gasteiger partial charge in [0.1, 0.15) is 0 Å². The molecule has 10 heavy (non-hydrogen) atoms. The second-order valence-corrected chi connectivity index (χ2v) is 2.25. The van der Waals surface area contributed by atoms with Crippen LogP contribution < -0.4 is 0 Å². The van der Waals surface area contributed by atoms with Gasteiger partial charge in [0.25, 0.3) is 0 Å². The molecule has 0 spiro atoms. The largest absolute Gasteiger partial charge is 0.358 e. The summed E-state index contributed by atoms with van der Waals surface area (Å²) in [4.78, 5) is 0. The third-order valence-corrected chi connectivity index (χ3v) is 1.23. The third-order valence-electron chi connectivity index (χ3n) is 1.23. The number of halogens is 1. The van der Waals surface area contributed by atoms with Crippen LogP contribution in [0.4, 0.5) is 4.39 Å². The average molecular weight is 139 g/mol. The first-order valence-electron chi connectivity index (χ1n) is 2.98. The van der Waals surface area contributed by atoms with Gasteiger partial charge in [-0.3, -0.25) is 0 Å². The lowest BCUT2D eigenvalue weighted by atomic mass is 10.1. The average Bonchev–Trinajstić information content (AvgIpc) is 1.88. The number of hydrogen-bond acceptors (Lipinski definition) is 1. The number of alkyl halides is 1. The molecule has 1 atom stereocenters. The molecule has 2 heteroatoms. The molecule has 1 N–H and O–H groups in total. The van der Waals surface area contributed by atoms with Crippen molar-refractivity contribution in [1.29, 1.82) is 0 Å². The fraction of sp³-hybridized carbons (Fsp3) is 0.250. The van der Waals surface area contributed by atoms with Gasteiger partial charge < -0.3 is 5.11 Å². The van der Waals surface area contributed by atoms with Crippen molar-refractivity contribution in [2.45, 2.75) is 12.8 Å². The molecule has 1 radical (unpaired) electrons. The van der Waals surface area contributed by atoms with E-state index in [0.29, 0.717) is 0 Å². The van der Waals surface area contributed by atoms with Crippen LogP contribution in [0.2, 0.25) is 0 Å². The highest BCUT2D eigenvalue weighted by atomic mass is 19.2. The van der Waals surface area contributed by atoms with E-state index in [-0.39, 0.29) is 5.56 Å². The summed E-state index contributed by atoms with van der Waals surface area (Å²) in [6, 6.07) is 8.87. The predicted octanol–water partition coefficient (Wildman–Crippen LogP) is 1.62. The standard InChI is InChI=1S/C8H8FO/c1-8(9,10)7-5-3-2-4-6-7/h2-3,5-6,10H,1H3. The quantitative estimate of drug-likeness (QED) is 0.626. The highest BCUT2D eigenvalue weighted by Gasteiger charge is 2.19. The number of benzene rings is 1. The molecule has 0 amide bonds. The van der Waals surface area contributed by atoms with Crippen LogP contribution in [0.5, 0.6) is 0 Å². The van der Waals surface area contributed by atoms with Crippen molar-refractivity contribution in [3.8, 4) is 0 Å². The number of aliphatic hydroxyl groups is 1. The van der Waals surface area contributed by atoms with Crippen molar-refractivity contribution in [1.82, 2.24) is 0 Å². The Kier molecular flexibility index (Phi) is 1.72. The van der Waals surface area contributed by atoms with Crippen LogP contribution in [0.15, 0.2) is 24.3 Å². The molecule has 0 saturated heterocycles. The van der Waals surface area contributed by atoms with Crippen molar-refractivity contribution >= 4 is 0 Å². The van der Waals surface area contributed by atoms with Gasteiger partial charge in [0.2, 0.25) is 5.85 Å². The van der Waals surface area contributed by atoms with Crippen LogP contribution in [0.1, 0.15) is 12.5 Å². The Labute approximate surface area is 59.1 Å². The van der Waals surface area contributed by atoms with E-state index >= 15 is 0 Å². The van der Waals surface area contributed by atoms with Crippen LogP contribution >= 0.6 is 0 Å². The summed E-state index contributed by atoms with van der Waals surface area (Å²) >= 11 is 0. The van der Waals surface area contributed by atoms with Gasteiger partial charge in [0.15, 0.2) is 0 Å². The molecule has 0 saturated carbocycles. The van der Waals surface area contributed by atoms with Crippen molar-refractivity contribution < 1.29 is 9.50 Å². The third kappa shape index (κ3) is 1.54. The van der Waals surface area contributed by atoms with E-state index in [0.717, 1.165) is 6.92 Å². The molecule has 1 aromatic rings. The van der Waals surface area contributed by atoms with Gasteiger partial charge in [0, 0.05) is 5.56 Å². The summed E-state index contributed by atoms with van der Waals surface area (Å²) in [5.41, 5.74) is 0.231. The molecule has 0 heterocycles. The first kappa shape index (κ1) is 7.22. The zero-order valence-corrected chi connectivity index (χ0v) is 5.63. The van der Waals surface area contributed by atoms with Gasteiger partial charge in [-0.15, -0.1) is 0 Å². The van der Waals surface area contributed by atoms with Crippen molar-refractivity contribution in [2.75, 3.05) is 0 Å². The maximum Gasteiger partial charge on any atom is 0.230 e. The van der Waals surface area contributed by atoms with Gasteiger partial charge in [-0.05, 0) is 19.1 Å². The Hall–Kier alpha value is -0.890. The lowest BCUT2D eigenvalue weighted by molar-refractivity contribution is -0.0769. The summed E-state index contributed by atoms with van der Waals surface area (Å²) < 4.78 is 12.7. The Morgan fingerprint density at radius 3 is 2.70 bits per heavy atom. The van der Waals surface area contributed by atoms with Crippen LogP contribution in [-0.4, -0.2) is 5.11 Å². The zero-order valence-electron chi connectivity index (χ0n) is 5.63. The molecule has 53 valence electrons. The first-order chi connectivity index (χ1) is 4.61. The summed E-state index contributed by atoms with van der Waals surface area (Å²) in [5, 5.41) is 8.80. The maximum atomic E-state index is 12.7. The number of rotatable bonds is 1. The van der Waals surface area contributed by atoms with Gasteiger partial charge in [-0.25, -0.2) is 4.39 Å². The fourth-order valence-corrected chi connectivity index (χ4v) is 0.677. The second-order valence-electron chi connectivity index (χ2n) is 2.25. The van der Waals surface area contributed by atoms with Crippen LogP contribution in [0, 0.1) is 6.07 Å². The summed E-state index contributed by atoms with van der Waals surface area (Å²) in [6.45, 7) is 1.09. The summed E-state index contributed by atoms with van der Waals surface area (Å²) in [5.74, 6) is -2.24. The smallest absolute Gasteiger partial charge is 0.230 e. The Bertz CT molecular complexity index is 200. The monoisotopic (exact) mass is 139 g/mol. The van der Waals surface area contributed by atoms with E-state index in [4.69, 9.17) is 5.11 Å². The molecule has 1 rings (SSSR count). The Morgan fingerprint density at radius 1 is 1.70 bits per heavy atom. The van der Waals surface area contributed by atoms with E-state index in [1.54, 1.807) is 12.1 Å². The van der Waals surface area contributed by atoms with E-state index in [2.05, 4.69) is 6.07 Å². The predicted molar refractivity (Wildman–Crippen MR) is 36.0 cm³/mol. The van der Waals surface area contributed by atoms with E-state index in [9.17, 15) is 4.39 Å². The van der Waals surface area contributed by atoms with Crippen molar-refractivity contribution in [2.24, 2.45) is 0 Å². The Morgan fingerprint density at radius 2 is 2.40 bits per heavy atom. The molecular weight excluding hydrogens is 131 g/mol. The van der Waals surface area contributed by atoms with Gasteiger partial charge in [-0.2, -0.15) is 0 Å². The zero-order chi connectivity index (χ0) is 7.61. The van der Waals surface area contributed by atoms with E-state index in [1.165, 1.54) is 12.1 Å². The lowest BCUT2D eigenvalue weighted by Crippen LogP contribution is -2.12. The van der Waals surface area contributed by atoms with E-state index in [1.807, 2.05) is 0 Å². The lowest BCUT2D eigenvalue weighted by Gasteiger charge is -2.11. The number of hydrogen-bond donors (Lipinski definition) is 1. The first-order valence-corrected chi connectivity index (χ1v) is 2.98. The van der Waals surface area contributed by atoms with Crippen molar-refractivity contribution in [3.05, 3.63) is 35.9 Å². The highest BCUT2D eigenvalue weighted by molar-refractivity contribution is 5.17. The molecule has 1 nitrogen and oxygen atoms in total. The minimum atomic E-state index is -2.24. The second kappa shape index (κ2) is 2.39. The molecule has 0 aliphatic carbocycles. The van der Waals surface area contributed by atoms with Gasteiger partial charge >= 0.3 is 0 Å². The van der Waals surface area contributed by atoms with Gasteiger partial charge in [0.05, 0.1) is 0 Å². The SMILES string of the molecule is CC(O)(F)c1c[c]ccc1. The molecule has 0 aromatic heterocycles. The molecule has 1 aromatic carbocycles. The van der Waals surface area contributed by atoms with Crippen LogP contribution in [0.3, 0.4) is 0 Å². The molecule has 0 aliphatic rings. The minimum absolute atomic E-state index is 0.231. The van der Waals surface area contributed by atoms with Gasteiger partial charge in [-0.1, -0.05) is 18.2 Å². The molecule has 0 aliphatic heterocycles. The maximum absolute atomic E-state index is 12.7. The van der Waals surface area contributed by atoms with Crippen LogP contribution in [-0.2, 0) is 5.85 Å². The Balaban J connectivity index is 2.97. The topological polar surface area (TPSA) is 20.2 Å². The summed E-state index contributed by atoms with van der Waals surface area (Å²) in [7, 11) is 0. The molecule has 1 unspecified atom stereocenters. The van der Waals surface area contributed by atoms with Crippen molar-refractivity contribution in [3.63, 3.8) is 0 Å². The molecule has 0 bridgehead atoms. The molecular formula is C8H8FO. The molecule has 0 fully saturated rings. The normalized spacial score (nSPS) is 16.3. The highest BCUT2D eigenvalue weighted by Crippen LogP contribution is 2.20. The van der Waals surface area contributed by atoms with Crippen LogP contribution in [0.25, 0.3) is 0 Å². The fourth-order valence-electron chi connectivity index (χ4n) is 0.677.